The molecule has 0 aliphatic heterocycles. The molecule has 13 heavy (non-hydrogen) atoms. The molecule has 0 heterocycles. The van der Waals surface area contributed by atoms with Crippen LogP contribution in [0.4, 0.5) is 0 Å². The normalized spacial score (nSPS) is 17.6. The number of hydrogen-bond acceptors (Lipinski definition) is 4. The Kier molecular flexibility index (Phi) is 5.66. The smallest absolute Gasteiger partial charge is 0.314 e. The molecular formula is C9H18O4. The Morgan fingerprint density at radius 2 is 1.92 bits per heavy atom. The van der Waals surface area contributed by atoms with E-state index in [0.29, 0.717) is 6.42 Å². The Morgan fingerprint density at radius 3 is 2.23 bits per heavy atom. The van der Waals surface area contributed by atoms with Crippen LogP contribution in [0, 0.1) is 5.92 Å². The second-order valence-corrected chi connectivity index (χ2v) is 2.99. The molecule has 2 N–H and O–H groups in total. The van der Waals surface area contributed by atoms with Crippen molar-refractivity contribution in [2.24, 2.45) is 5.92 Å². The van der Waals surface area contributed by atoms with Crippen molar-refractivity contribution >= 4 is 5.97 Å². The summed E-state index contributed by atoms with van der Waals surface area (Å²) < 4.78 is 4.73. The highest BCUT2D eigenvalue weighted by Crippen LogP contribution is 2.14. The second kappa shape index (κ2) is 5.94. The SMILES string of the molecule is CCOC(=O)C(C(C)O)C(O)CC. The first kappa shape index (κ1) is 12.4. The maximum atomic E-state index is 11.2. The summed E-state index contributed by atoms with van der Waals surface area (Å²) in [5.74, 6) is -1.36. The molecular weight excluding hydrogens is 172 g/mol. The van der Waals surface area contributed by atoms with Gasteiger partial charge in [0.05, 0.1) is 18.8 Å². The van der Waals surface area contributed by atoms with E-state index in [0.717, 1.165) is 0 Å². The zero-order chi connectivity index (χ0) is 10.4. The van der Waals surface area contributed by atoms with E-state index in [1.54, 1.807) is 13.8 Å². The van der Waals surface area contributed by atoms with Crippen molar-refractivity contribution in [2.45, 2.75) is 39.4 Å². The molecule has 0 saturated carbocycles. The highest BCUT2D eigenvalue weighted by Gasteiger charge is 2.31. The van der Waals surface area contributed by atoms with E-state index in [1.807, 2.05) is 0 Å². The summed E-state index contributed by atoms with van der Waals surface area (Å²) in [5, 5.41) is 18.7. The summed E-state index contributed by atoms with van der Waals surface area (Å²) in [6.07, 6.45) is -1.29. The van der Waals surface area contributed by atoms with Gasteiger partial charge in [-0.15, -0.1) is 0 Å². The Bertz CT molecular complexity index is 156. The standard InChI is InChI=1S/C9H18O4/c1-4-7(11)8(6(3)10)9(12)13-5-2/h6-8,10-11H,4-5H2,1-3H3. The summed E-state index contributed by atoms with van der Waals surface area (Å²) in [6.45, 7) is 5.17. The molecule has 3 unspecified atom stereocenters. The molecule has 4 nitrogen and oxygen atoms in total. The van der Waals surface area contributed by atoms with Crippen LogP contribution in [0.2, 0.25) is 0 Å². The number of hydrogen-bond donors (Lipinski definition) is 2. The largest absolute Gasteiger partial charge is 0.466 e. The van der Waals surface area contributed by atoms with Gasteiger partial charge in [0.2, 0.25) is 0 Å². The Hall–Kier alpha value is -0.610. The van der Waals surface area contributed by atoms with Gasteiger partial charge in [-0.3, -0.25) is 4.79 Å². The predicted molar refractivity (Wildman–Crippen MR) is 48.1 cm³/mol. The number of esters is 1. The number of rotatable bonds is 5. The zero-order valence-electron chi connectivity index (χ0n) is 8.36. The van der Waals surface area contributed by atoms with Crippen molar-refractivity contribution in [2.75, 3.05) is 6.61 Å². The molecule has 0 aliphatic rings. The summed E-state index contributed by atoms with van der Waals surface area (Å²) in [5.41, 5.74) is 0. The monoisotopic (exact) mass is 190 g/mol. The molecule has 0 fully saturated rings. The van der Waals surface area contributed by atoms with Gasteiger partial charge in [0.25, 0.3) is 0 Å². The maximum absolute atomic E-state index is 11.2. The van der Waals surface area contributed by atoms with Crippen molar-refractivity contribution in [3.63, 3.8) is 0 Å². The number of aliphatic hydroxyl groups is 2. The fraction of sp³-hybridized carbons (Fsp3) is 0.889. The first-order chi connectivity index (χ1) is 6.04. The quantitative estimate of drug-likeness (QED) is 0.613. The lowest BCUT2D eigenvalue weighted by molar-refractivity contribution is -0.157. The van der Waals surface area contributed by atoms with Crippen molar-refractivity contribution in [3.8, 4) is 0 Å². The van der Waals surface area contributed by atoms with E-state index in [2.05, 4.69) is 0 Å². The fourth-order valence-corrected chi connectivity index (χ4v) is 1.17. The van der Waals surface area contributed by atoms with Crippen LogP contribution < -0.4 is 0 Å². The lowest BCUT2D eigenvalue weighted by atomic mass is 9.95. The predicted octanol–water partition coefficient (Wildman–Crippen LogP) is 0.317. The van der Waals surface area contributed by atoms with Crippen LogP contribution in [0.1, 0.15) is 27.2 Å². The van der Waals surface area contributed by atoms with Gasteiger partial charge in [0.1, 0.15) is 5.92 Å². The highest BCUT2D eigenvalue weighted by atomic mass is 16.5. The average Bonchev–Trinajstić information content (AvgIpc) is 2.04. The molecule has 0 spiro atoms. The minimum atomic E-state index is -0.881. The molecule has 3 atom stereocenters. The third-order valence-electron chi connectivity index (χ3n) is 1.91. The van der Waals surface area contributed by atoms with Crippen molar-refractivity contribution in [3.05, 3.63) is 0 Å². The van der Waals surface area contributed by atoms with Crippen LogP contribution in [0.5, 0.6) is 0 Å². The molecule has 0 amide bonds. The molecule has 4 heteroatoms. The molecule has 0 rings (SSSR count). The Morgan fingerprint density at radius 1 is 1.38 bits per heavy atom. The fourth-order valence-electron chi connectivity index (χ4n) is 1.17. The van der Waals surface area contributed by atoms with Gasteiger partial charge in [-0.1, -0.05) is 6.92 Å². The van der Waals surface area contributed by atoms with Gasteiger partial charge < -0.3 is 14.9 Å². The Balaban J connectivity index is 4.32. The van der Waals surface area contributed by atoms with E-state index in [1.165, 1.54) is 6.92 Å². The minimum absolute atomic E-state index is 0.262. The van der Waals surface area contributed by atoms with Crippen molar-refractivity contribution in [1.29, 1.82) is 0 Å². The summed E-state index contributed by atoms with van der Waals surface area (Å²) in [4.78, 5) is 11.2. The molecule has 0 saturated heterocycles. The van der Waals surface area contributed by atoms with Crippen LogP contribution in [-0.2, 0) is 9.53 Å². The minimum Gasteiger partial charge on any atom is -0.466 e. The summed E-state index contributed by atoms with van der Waals surface area (Å²) >= 11 is 0. The molecule has 0 aromatic rings. The van der Waals surface area contributed by atoms with Crippen LogP contribution >= 0.6 is 0 Å². The number of aliphatic hydroxyl groups excluding tert-OH is 2. The summed E-state index contributed by atoms with van der Waals surface area (Å²) in [7, 11) is 0. The van der Waals surface area contributed by atoms with Gasteiger partial charge in [-0.25, -0.2) is 0 Å². The molecule has 0 aromatic heterocycles. The van der Waals surface area contributed by atoms with Crippen LogP contribution in [-0.4, -0.2) is 35.0 Å². The molecule has 0 aromatic carbocycles. The van der Waals surface area contributed by atoms with Crippen molar-refractivity contribution < 1.29 is 19.7 Å². The topological polar surface area (TPSA) is 66.8 Å². The zero-order valence-corrected chi connectivity index (χ0v) is 8.36. The third kappa shape index (κ3) is 3.74. The van der Waals surface area contributed by atoms with Gasteiger partial charge >= 0.3 is 5.97 Å². The first-order valence-corrected chi connectivity index (χ1v) is 4.57. The molecule has 0 radical (unpaired) electrons. The van der Waals surface area contributed by atoms with Gasteiger partial charge in [0.15, 0.2) is 0 Å². The van der Waals surface area contributed by atoms with Crippen LogP contribution in [0.15, 0.2) is 0 Å². The lowest BCUT2D eigenvalue weighted by Crippen LogP contribution is -2.37. The molecule has 0 bridgehead atoms. The van der Waals surface area contributed by atoms with Crippen LogP contribution in [0.3, 0.4) is 0 Å². The summed E-state index contributed by atoms with van der Waals surface area (Å²) in [6, 6.07) is 0. The molecule has 78 valence electrons. The Labute approximate surface area is 78.5 Å². The second-order valence-electron chi connectivity index (χ2n) is 2.99. The van der Waals surface area contributed by atoms with E-state index < -0.39 is 24.1 Å². The molecule has 0 aliphatic carbocycles. The van der Waals surface area contributed by atoms with Gasteiger partial charge in [-0.05, 0) is 20.3 Å². The van der Waals surface area contributed by atoms with E-state index in [4.69, 9.17) is 4.74 Å². The van der Waals surface area contributed by atoms with E-state index in [-0.39, 0.29) is 6.61 Å². The van der Waals surface area contributed by atoms with E-state index in [9.17, 15) is 15.0 Å². The maximum Gasteiger partial charge on any atom is 0.314 e. The highest BCUT2D eigenvalue weighted by molar-refractivity contribution is 5.73. The van der Waals surface area contributed by atoms with Crippen molar-refractivity contribution in [1.82, 2.24) is 0 Å². The van der Waals surface area contributed by atoms with Gasteiger partial charge in [0, 0.05) is 0 Å². The third-order valence-corrected chi connectivity index (χ3v) is 1.91. The van der Waals surface area contributed by atoms with Gasteiger partial charge in [-0.2, -0.15) is 0 Å². The number of carbonyl (C=O) groups is 1. The number of carbonyl (C=O) groups excluding carboxylic acids is 1. The first-order valence-electron chi connectivity index (χ1n) is 4.57. The lowest BCUT2D eigenvalue weighted by Gasteiger charge is -2.22. The average molecular weight is 190 g/mol. The van der Waals surface area contributed by atoms with Crippen LogP contribution in [0.25, 0.3) is 0 Å². The van der Waals surface area contributed by atoms with E-state index >= 15 is 0 Å². The number of ether oxygens (including phenoxy) is 1.